The minimum Gasteiger partial charge on any atom is -0.444 e. The van der Waals surface area contributed by atoms with Gasteiger partial charge in [-0.05, 0) is 62.5 Å². The van der Waals surface area contributed by atoms with E-state index in [0.717, 1.165) is 46.5 Å². The van der Waals surface area contributed by atoms with Crippen molar-refractivity contribution in [2.45, 2.75) is 52.1 Å². The van der Waals surface area contributed by atoms with Crippen LogP contribution < -0.4 is 0 Å². The van der Waals surface area contributed by atoms with Gasteiger partial charge in [-0.2, -0.15) is 0 Å². The number of aromatic nitrogens is 3. The number of piperidine rings is 1. The third-order valence-corrected chi connectivity index (χ3v) is 4.88. The van der Waals surface area contributed by atoms with E-state index in [9.17, 15) is 4.79 Å². The number of H-pyrrole nitrogens is 1. The van der Waals surface area contributed by atoms with Crippen LogP contribution in [-0.4, -0.2) is 44.6 Å². The maximum absolute atomic E-state index is 12.3. The van der Waals surface area contributed by atoms with Crippen LogP contribution in [0.25, 0.3) is 11.2 Å². The van der Waals surface area contributed by atoms with Gasteiger partial charge in [-0.25, -0.2) is 14.8 Å². The van der Waals surface area contributed by atoms with E-state index in [1.165, 1.54) is 0 Å². The molecule has 130 valence electrons. The predicted molar refractivity (Wildman–Crippen MR) is 96.1 cm³/mol. The van der Waals surface area contributed by atoms with Crippen molar-refractivity contribution in [1.82, 2.24) is 19.9 Å². The first-order valence-corrected chi connectivity index (χ1v) is 9.03. The molecule has 1 fully saturated rings. The molecular formula is C17H23BrN4O2. The zero-order valence-electron chi connectivity index (χ0n) is 14.5. The standard InChI is InChI=1S/C17H23BrN4O2/c1-10-12(18)8-13-15(19-10)21-14(20-13)11-6-5-7-22(9-11)16(23)24-17(2,3)4/h8,11H,5-7,9H2,1-4H3,(H,19,20,21)/t11-/m1/s1. The molecule has 3 rings (SSSR count). The number of aryl methyl sites for hydroxylation is 1. The minimum absolute atomic E-state index is 0.180. The van der Waals surface area contributed by atoms with Crippen molar-refractivity contribution in [2.75, 3.05) is 13.1 Å². The van der Waals surface area contributed by atoms with Gasteiger partial charge in [0, 0.05) is 23.5 Å². The Morgan fingerprint density at radius 2 is 2.17 bits per heavy atom. The minimum atomic E-state index is -0.475. The average molecular weight is 395 g/mol. The number of rotatable bonds is 1. The summed E-state index contributed by atoms with van der Waals surface area (Å²) >= 11 is 3.50. The molecule has 1 amide bonds. The molecule has 6 nitrogen and oxygen atoms in total. The first-order chi connectivity index (χ1) is 11.2. The lowest BCUT2D eigenvalue weighted by atomic mass is 9.98. The van der Waals surface area contributed by atoms with E-state index in [0.29, 0.717) is 6.54 Å². The lowest BCUT2D eigenvalue weighted by Gasteiger charge is -2.33. The van der Waals surface area contributed by atoms with Gasteiger partial charge in [0.25, 0.3) is 0 Å². The normalized spacial score (nSPS) is 18.9. The zero-order chi connectivity index (χ0) is 17.5. The molecule has 2 aromatic heterocycles. The van der Waals surface area contributed by atoms with E-state index < -0.39 is 5.60 Å². The van der Waals surface area contributed by atoms with E-state index in [-0.39, 0.29) is 12.0 Å². The quantitative estimate of drug-likeness (QED) is 0.788. The molecule has 0 unspecified atom stereocenters. The molecule has 0 saturated carbocycles. The Hall–Kier alpha value is -1.63. The second-order valence-corrected chi connectivity index (χ2v) is 8.17. The van der Waals surface area contributed by atoms with Gasteiger partial charge in [0.15, 0.2) is 5.65 Å². The SMILES string of the molecule is Cc1nc2nc([C@@H]3CCCN(C(=O)OC(C)(C)C)C3)[nH]c2cc1Br. The number of imidazole rings is 1. The maximum atomic E-state index is 12.3. The Balaban J connectivity index is 1.78. The van der Waals surface area contributed by atoms with E-state index in [2.05, 4.69) is 30.9 Å². The number of ether oxygens (including phenoxy) is 1. The Labute approximate surface area is 150 Å². The van der Waals surface area contributed by atoms with Crippen LogP contribution in [-0.2, 0) is 4.74 Å². The van der Waals surface area contributed by atoms with Crippen LogP contribution in [0, 0.1) is 6.92 Å². The number of amides is 1. The van der Waals surface area contributed by atoms with Crippen molar-refractivity contribution in [3.8, 4) is 0 Å². The molecule has 2 aromatic rings. The number of hydrogen-bond acceptors (Lipinski definition) is 4. The number of likely N-dealkylation sites (tertiary alicyclic amines) is 1. The van der Waals surface area contributed by atoms with Crippen LogP contribution in [0.4, 0.5) is 4.79 Å². The predicted octanol–water partition coefficient (Wildman–Crippen LogP) is 4.14. The van der Waals surface area contributed by atoms with Crippen molar-refractivity contribution >= 4 is 33.2 Å². The number of aromatic amines is 1. The summed E-state index contributed by atoms with van der Waals surface area (Å²) < 4.78 is 6.45. The fourth-order valence-corrected chi connectivity index (χ4v) is 3.23. The van der Waals surface area contributed by atoms with Gasteiger partial charge in [-0.1, -0.05) is 0 Å². The second kappa shape index (κ2) is 6.35. The van der Waals surface area contributed by atoms with Gasteiger partial charge in [0.1, 0.15) is 11.4 Å². The number of fused-ring (bicyclic) bond motifs is 1. The molecule has 1 aliphatic rings. The van der Waals surface area contributed by atoms with Crippen LogP contribution in [0.1, 0.15) is 51.0 Å². The summed E-state index contributed by atoms with van der Waals surface area (Å²) in [5.41, 5.74) is 2.08. The van der Waals surface area contributed by atoms with Crippen molar-refractivity contribution in [3.63, 3.8) is 0 Å². The van der Waals surface area contributed by atoms with Crippen LogP contribution in [0.15, 0.2) is 10.5 Å². The molecular weight excluding hydrogens is 372 g/mol. The fourth-order valence-electron chi connectivity index (χ4n) is 2.91. The largest absolute Gasteiger partial charge is 0.444 e. The summed E-state index contributed by atoms with van der Waals surface area (Å²) in [5, 5.41) is 0. The summed E-state index contributed by atoms with van der Waals surface area (Å²) in [5.74, 6) is 1.07. The van der Waals surface area contributed by atoms with Crippen molar-refractivity contribution < 1.29 is 9.53 Å². The highest BCUT2D eigenvalue weighted by Crippen LogP contribution is 2.28. The van der Waals surface area contributed by atoms with Crippen molar-refractivity contribution in [3.05, 3.63) is 22.1 Å². The topological polar surface area (TPSA) is 71.1 Å². The molecule has 1 aliphatic heterocycles. The van der Waals surface area contributed by atoms with Crippen LogP contribution >= 0.6 is 15.9 Å². The Kier molecular flexibility index (Phi) is 4.55. The van der Waals surface area contributed by atoms with Gasteiger partial charge in [-0.15, -0.1) is 0 Å². The summed E-state index contributed by atoms with van der Waals surface area (Å²) in [6.45, 7) is 8.96. The molecule has 0 aliphatic carbocycles. The third kappa shape index (κ3) is 3.71. The molecule has 7 heteroatoms. The molecule has 0 radical (unpaired) electrons. The first kappa shape index (κ1) is 17.2. The van der Waals surface area contributed by atoms with Crippen molar-refractivity contribution in [1.29, 1.82) is 0 Å². The fraction of sp³-hybridized carbons (Fsp3) is 0.588. The highest BCUT2D eigenvalue weighted by atomic mass is 79.9. The molecule has 0 spiro atoms. The number of hydrogen-bond donors (Lipinski definition) is 1. The van der Waals surface area contributed by atoms with Crippen LogP contribution in [0.5, 0.6) is 0 Å². The van der Waals surface area contributed by atoms with E-state index in [4.69, 9.17) is 4.74 Å². The molecule has 3 heterocycles. The Morgan fingerprint density at radius 1 is 1.42 bits per heavy atom. The number of nitrogens with one attached hydrogen (secondary N) is 1. The molecule has 1 N–H and O–H groups in total. The van der Waals surface area contributed by atoms with Gasteiger partial charge >= 0.3 is 6.09 Å². The monoisotopic (exact) mass is 394 g/mol. The molecule has 0 bridgehead atoms. The highest BCUT2D eigenvalue weighted by Gasteiger charge is 2.29. The Morgan fingerprint density at radius 3 is 2.88 bits per heavy atom. The average Bonchev–Trinajstić information content (AvgIpc) is 2.89. The smallest absolute Gasteiger partial charge is 0.410 e. The van der Waals surface area contributed by atoms with Gasteiger partial charge in [0.2, 0.25) is 0 Å². The van der Waals surface area contributed by atoms with Gasteiger partial charge in [-0.3, -0.25) is 0 Å². The lowest BCUT2D eigenvalue weighted by Crippen LogP contribution is -2.42. The molecule has 24 heavy (non-hydrogen) atoms. The number of pyridine rings is 1. The number of halogens is 1. The second-order valence-electron chi connectivity index (χ2n) is 7.31. The molecule has 0 aromatic carbocycles. The van der Waals surface area contributed by atoms with Gasteiger partial charge in [0.05, 0.1) is 11.2 Å². The van der Waals surface area contributed by atoms with Crippen molar-refractivity contribution in [2.24, 2.45) is 0 Å². The summed E-state index contributed by atoms with van der Waals surface area (Å²) in [7, 11) is 0. The summed E-state index contributed by atoms with van der Waals surface area (Å²) in [6.07, 6.45) is 1.69. The molecule has 1 atom stereocenters. The number of nitrogens with zero attached hydrogens (tertiary/aromatic N) is 3. The maximum Gasteiger partial charge on any atom is 0.410 e. The number of carbonyl (C=O) groups excluding carboxylic acids is 1. The zero-order valence-corrected chi connectivity index (χ0v) is 16.1. The first-order valence-electron chi connectivity index (χ1n) is 8.23. The van der Waals surface area contributed by atoms with E-state index in [1.807, 2.05) is 33.8 Å². The summed E-state index contributed by atoms with van der Waals surface area (Å²) in [6, 6.07) is 2.00. The van der Waals surface area contributed by atoms with E-state index >= 15 is 0 Å². The Bertz CT molecular complexity index is 727. The number of carbonyl (C=O) groups is 1. The lowest BCUT2D eigenvalue weighted by molar-refractivity contribution is 0.0196. The third-order valence-electron chi connectivity index (χ3n) is 4.08. The van der Waals surface area contributed by atoms with E-state index in [1.54, 1.807) is 4.90 Å². The highest BCUT2D eigenvalue weighted by molar-refractivity contribution is 9.10. The summed E-state index contributed by atoms with van der Waals surface area (Å²) in [4.78, 5) is 26.6. The van der Waals surface area contributed by atoms with Crippen LogP contribution in [0.3, 0.4) is 0 Å². The van der Waals surface area contributed by atoms with Gasteiger partial charge < -0.3 is 14.6 Å². The van der Waals surface area contributed by atoms with Crippen LogP contribution in [0.2, 0.25) is 0 Å². The molecule has 1 saturated heterocycles.